The number of nitrogens with zero attached hydrogens (tertiary/aromatic N) is 3. The molecule has 3 aromatic rings. The molecule has 0 fully saturated rings. The van der Waals surface area contributed by atoms with Crippen LogP contribution < -0.4 is 4.90 Å². The number of carbonyl (C=O) groups is 1. The zero-order chi connectivity index (χ0) is 18.7. The first-order valence-corrected chi connectivity index (χ1v) is 9.80. The molecule has 1 heterocycles. The van der Waals surface area contributed by atoms with E-state index >= 15 is 0 Å². The van der Waals surface area contributed by atoms with Gasteiger partial charge >= 0.3 is 0 Å². The molecule has 0 unspecified atom stereocenters. The Morgan fingerprint density at radius 1 is 1.12 bits per heavy atom. The average molecular weight is 408 g/mol. The number of carbonyl (C=O) groups excluding carboxylic acids is 1. The van der Waals surface area contributed by atoms with Gasteiger partial charge in [0.15, 0.2) is 5.13 Å². The fraction of sp³-hybridized carbons (Fsp3) is 0.263. The van der Waals surface area contributed by atoms with Gasteiger partial charge in [-0.3, -0.25) is 9.69 Å². The molecule has 4 nitrogen and oxygen atoms in total. The van der Waals surface area contributed by atoms with Crippen LogP contribution in [0, 0.1) is 0 Å². The molecule has 0 aliphatic heterocycles. The molecule has 0 N–H and O–H groups in total. The molecule has 0 aliphatic rings. The third-order valence-corrected chi connectivity index (χ3v) is 5.51. The Bertz CT molecular complexity index is 926. The number of thiazole rings is 1. The number of anilines is 1. The lowest BCUT2D eigenvalue weighted by Gasteiger charge is -2.21. The van der Waals surface area contributed by atoms with E-state index in [0.29, 0.717) is 27.3 Å². The molecule has 2 aromatic carbocycles. The zero-order valence-corrected chi connectivity index (χ0v) is 16.9. The fourth-order valence-corrected chi connectivity index (χ4v) is 4.09. The monoisotopic (exact) mass is 407 g/mol. The number of hydrogen-bond donors (Lipinski definition) is 0. The van der Waals surface area contributed by atoms with Gasteiger partial charge in [0.1, 0.15) is 0 Å². The predicted octanol–water partition coefficient (Wildman–Crippen LogP) is 5.20. The van der Waals surface area contributed by atoms with E-state index in [9.17, 15) is 4.79 Å². The first-order valence-electron chi connectivity index (χ1n) is 8.23. The molecule has 3 rings (SSSR count). The van der Waals surface area contributed by atoms with Crippen molar-refractivity contribution < 1.29 is 4.79 Å². The molecule has 0 saturated heterocycles. The predicted molar refractivity (Wildman–Crippen MR) is 111 cm³/mol. The molecule has 1 amide bonds. The molecule has 0 saturated carbocycles. The maximum Gasteiger partial charge on any atom is 0.261 e. The summed E-state index contributed by atoms with van der Waals surface area (Å²) < 4.78 is 0.956. The van der Waals surface area contributed by atoms with Gasteiger partial charge in [0.25, 0.3) is 5.91 Å². The van der Waals surface area contributed by atoms with E-state index in [2.05, 4.69) is 9.88 Å². The van der Waals surface area contributed by atoms with E-state index in [1.165, 1.54) is 11.3 Å². The second-order valence-electron chi connectivity index (χ2n) is 6.20. The van der Waals surface area contributed by atoms with Gasteiger partial charge in [0, 0.05) is 11.6 Å². The van der Waals surface area contributed by atoms with Crippen molar-refractivity contribution in [2.45, 2.75) is 6.42 Å². The van der Waals surface area contributed by atoms with Crippen molar-refractivity contribution in [3.8, 4) is 0 Å². The highest BCUT2D eigenvalue weighted by Gasteiger charge is 2.22. The second-order valence-corrected chi connectivity index (χ2v) is 8.05. The number of amides is 1. The molecule has 0 atom stereocenters. The summed E-state index contributed by atoms with van der Waals surface area (Å²) >= 11 is 13.8. The SMILES string of the molecule is CN(C)CCCN(C(=O)c1ccccc1Cl)c1nc2ccc(Cl)cc2s1. The van der Waals surface area contributed by atoms with E-state index in [1.807, 2.05) is 38.4 Å². The van der Waals surface area contributed by atoms with Gasteiger partial charge < -0.3 is 4.90 Å². The maximum atomic E-state index is 13.2. The van der Waals surface area contributed by atoms with Gasteiger partial charge in [0.05, 0.1) is 20.8 Å². The lowest BCUT2D eigenvalue weighted by molar-refractivity contribution is 0.0986. The van der Waals surface area contributed by atoms with Crippen LogP contribution >= 0.6 is 34.5 Å². The normalized spacial score (nSPS) is 11.3. The minimum atomic E-state index is -0.139. The summed E-state index contributed by atoms with van der Waals surface area (Å²) in [6, 6.07) is 12.6. The molecule has 0 bridgehead atoms. The Hall–Kier alpha value is -1.66. The molecule has 136 valence electrons. The summed E-state index contributed by atoms with van der Waals surface area (Å²) in [7, 11) is 4.03. The van der Waals surface area contributed by atoms with Gasteiger partial charge in [-0.15, -0.1) is 0 Å². The van der Waals surface area contributed by atoms with E-state index in [-0.39, 0.29) is 5.91 Å². The Labute approximate surface area is 167 Å². The summed E-state index contributed by atoms with van der Waals surface area (Å²) in [5, 5.41) is 1.76. The van der Waals surface area contributed by atoms with Gasteiger partial charge in [-0.1, -0.05) is 46.7 Å². The first-order chi connectivity index (χ1) is 12.5. The molecule has 0 aliphatic carbocycles. The standard InChI is InChI=1S/C19H19Cl2N3OS/c1-23(2)10-5-11-24(18(25)14-6-3-4-7-15(14)21)19-22-16-9-8-13(20)12-17(16)26-19/h3-4,6-9,12H,5,10-11H2,1-2H3. The van der Waals surface area contributed by atoms with Crippen molar-refractivity contribution in [3.63, 3.8) is 0 Å². The number of rotatable bonds is 6. The number of benzene rings is 2. The summed E-state index contributed by atoms with van der Waals surface area (Å²) in [4.78, 5) is 21.6. The van der Waals surface area contributed by atoms with Crippen LogP contribution in [0.5, 0.6) is 0 Å². The number of fused-ring (bicyclic) bond motifs is 1. The van der Waals surface area contributed by atoms with Crippen LogP contribution in [0.25, 0.3) is 10.2 Å². The Kier molecular flexibility index (Phi) is 6.14. The summed E-state index contributed by atoms with van der Waals surface area (Å²) in [6.07, 6.45) is 0.833. The van der Waals surface area contributed by atoms with Crippen LogP contribution in [-0.2, 0) is 0 Å². The van der Waals surface area contributed by atoms with Crippen molar-refractivity contribution in [2.24, 2.45) is 0 Å². The lowest BCUT2D eigenvalue weighted by atomic mass is 10.2. The van der Waals surface area contributed by atoms with Crippen molar-refractivity contribution in [2.75, 3.05) is 32.1 Å². The van der Waals surface area contributed by atoms with E-state index in [1.54, 1.807) is 23.1 Å². The van der Waals surface area contributed by atoms with Crippen LogP contribution in [0.4, 0.5) is 5.13 Å². The Morgan fingerprint density at radius 3 is 2.62 bits per heavy atom. The minimum absolute atomic E-state index is 0.139. The fourth-order valence-electron chi connectivity index (χ4n) is 2.61. The molecular weight excluding hydrogens is 389 g/mol. The minimum Gasteiger partial charge on any atom is -0.309 e. The molecule has 0 radical (unpaired) electrons. The molecule has 7 heteroatoms. The summed E-state index contributed by atoms with van der Waals surface area (Å²) in [6.45, 7) is 1.44. The highest BCUT2D eigenvalue weighted by Crippen LogP contribution is 2.32. The molecule has 26 heavy (non-hydrogen) atoms. The molecule has 1 aromatic heterocycles. The number of halogens is 2. The van der Waals surface area contributed by atoms with Crippen molar-refractivity contribution in [1.29, 1.82) is 0 Å². The quantitative estimate of drug-likeness (QED) is 0.563. The van der Waals surface area contributed by atoms with Crippen LogP contribution in [-0.4, -0.2) is 43.0 Å². The number of aromatic nitrogens is 1. The second kappa shape index (κ2) is 8.35. The Morgan fingerprint density at radius 2 is 1.88 bits per heavy atom. The van der Waals surface area contributed by atoms with Crippen molar-refractivity contribution in [3.05, 3.63) is 58.1 Å². The van der Waals surface area contributed by atoms with Crippen LogP contribution in [0.15, 0.2) is 42.5 Å². The average Bonchev–Trinajstić information content (AvgIpc) is 3.01. The number of hydrogen-bond acceptors (Lipinski definition) is 4. The summed E-state index contributed by atoms with van der Waals surface area (Å²) in [5.74, 6) is -0.139. The van der Waals surface area contributed by atoms with E-state index in [0.717, 1.165) is 23.2 Å². The van der Waals surface area contributed by atoms with Crippen LogP contribution in [0.3, 0.4) is 0 Å². The topological polar surface area (TPSA) is 36.4 Å². The molecule has 0 spiro atoms. The van der Waals surface area contributed by atoms with Gasteiger partial charge in [-0.25, -0.2) is 4.98 Å². The first kappa shape index (κ1) is 19.1. The smallest absolute Gasteiger partial charge is 0.261 e. The van der Waals surface area contributed by atoms with Crippen LogP contribution in [0.2, 0.25) is 10.0 Å². The van der Waals surface area contributed by atoms with Crippen molar-refractivity contribution in [1.82, 2.24) is 9.88 Å². The van der Waals surface area contributed by atoms with E-state index < -0.39 is 0 Å². The summed E-state index contributed by atoms with van der Waals surface area (Å²) in [5.41, 5.74) is 1.32. The third-order valence-electron chi connectivity index (χ3n) is 3.91. The van der Waals surface area contributed by atoms with Gasteiger partial charge in [-0.05, 0) is 57.4 Å². The Balaban J connectivity index is 1.96. The third kappa shape index (κ3) is 4.35. The van der Waals surface area contributed by atoms with Gasteiger partial charge in [0.2, 0.25) is 0 Å². The maximum absolute atomic E-state index is 13.2. The van der Waals surface area contributed by atoms with Crippen LogP contribution in [0.1, 0.15) is 16.8 Å². The van der Waals surface area contributed by atoms with Crippen molar-refractivity contribution >= 4 is 55.8 Å². The highest BCUT2D eigenvalue weighted by molar-refractivity contribution is 7.22. The largest absolute Gasteiger partial charge is 0.309 e. The lowest BCUT2D eigenvalue weighted by Crippen LogP contribution is -2.33. The van der Waals surface area contributed by atoms with E-state index in [4.69, 9.17) is 23.2 Å². The molecular formula is C19H19Cl2N3OS. The highest BCUT2D eigenvalue weighted by atomic mass is 35.5. The van der Waals surface area contributed by atoms with Gasteiger partial charge in [-0.2, -0.15) is 0 Å². The zero-order valence-electron chi connectivity index (χ0n) is 14.6.